The number of hydrogen-bond donors (Lipinski definition) is 1. The second-order valence-corrected chi connectivity index (χ2v) is 9.92. The molecular weight excluding hydrogens is 556 g/mol. The summed E-state index contributed by atoms with van der Waals surface area (Å²) in [6.07, 6.45) is 1.71. The molecule has 0 saturated heterocycles. The predicted molar refractivity (Wildman–Crippen MR) is 149 cm³/mol. The Morgan fingerprint density at radius 2 is 1.68 bits per heavy atom. The molecule has 190 valence electrons. The van der Waals surface area contributed by atoms with Gasteiger partial charge in [-0.15, -0.1) is 0 Å². The minimum absolute atomic E-state index is 0.263. The molecule has 0 aliphatic carbocycles. The number of nitrogens with one attached hydrogen (secondary N) is 1. The van der Waals surface area contributed by atoms with Gasteiger partial charge < -0.3 is 19.5 Å². The molecule has 3 aromatic carbocycles. The Labute approximate surface area is 228 Å². The number of amides is 2. The van der Waals surface area contributed by atoms with Crippen molar-refractivity contribution in [1.82, 2.24) is 5.32 Å². The summed E-state index contributed by atoms with van der Waals surface area (Å²) in [5.74, 6) is 1.21. The monoisotopic (exact) mass is 580 g/mol. The van der Waals surface area contributed by atoms with Crippen LogP contribution in [0, 0.1) is 0 Å². The number of amidine groups is 1. The maximum atomic E-state index is 12.3. The van der Waals surface area contributed by atoms with Gasteiger partial charge >= 0.3 is 0 Å². The van der Waals surface area contributed by atoms with E-state index in [1.54, 1.807) is 6.08 Å². The first-order chi connectivity index (χ1) is 17.9. The lowest BCUT2D eigenvalue weighted by molar-refractivity contribution is -0.117. The maximum absolute atomic E-state index is 12.3. The molecule has 0 unspecified atom stereocenters. The number of ether oxygens (including phenoxy) is 3. The van der Waals surface area contributed by atoms with E-state index in [9.17, 15) is 9.59 Å². The molecule has 7 nitrogen and oxygen atoms in total. The molecule has 1 N–H and O–H groups in total. The summed E-state index contributed by atoms with van der Waals surface area (Å²) in [6.45, 7) is 4.53. The van der Waals surface area contributed by atoms with Crippen LogP contribution < -0.4 is 19.5 Å². The second kappa shape index (κ2) is 12.6. The number of thioether (sulfide) groups is 1. The molecule has 1 heterocycles. The van der Waals surface area contributed by atoms with Crippen molar-refractivity contribution in [3.63, 3.8) is 0 Å². The molecule has 37 heavy (non-hydrogen) atoms. The lowest BCUT2D eigenvalue weighted by atomic mass is 10.1. The maximum Gasteiger partial charge on any atom is 0.286 e. The van der Waals surface area contributed by atoms with Crippen LogP contribution in [0.15, 0.2) is 81.1 Å². The molecule has 0 atom stereocenters. The van der Waals surface area contributed by atoms with Crippen LogP contribution in [0.4, 0.5) is 0 Å². The fraction of sp³-hybridized carbons (Fsp3) is 0.179. The number of carbonyl (C=O) groups excluding carboxylic acids is 2. The Bertz CT molecular complexity index is 1360. The molecule has 9 heteroatoms. The molecule has 0 spiro atoms. The SMILES string of the molecule is CCOc1cc(COc2ccc(Br)cc2/C=C2/SC(NC(C)=O)=NC2=O)ccc1OCc1ccccc1. The minimum atomic E-state index is -0.410. The fourth-order valence-electron chi connectivity index (χ4n) is 3.44. The number of benzene rings is 3. The van der Waals surface area contributed by atoms with Crippen molar-refractivity contribution in [3.8, 4) is 17.2 Å². The zero-order chi connectivity index (χ0) is 26.2. The van der Waals surface area contributed by atoms with Crippen LogP contribution >= 0.6 is 27.7 Å². The molecule has 3 aromatic rings. The highest BCUT2D eigenvalue weighted by Crippen LogP contribution is 2.33. The van der Waals surface area contributed by atoms with Gasteiger partial charge in [-0.1, -0.05) is 52.3 Å². The van der Waals surface area contributed by atoms with Crippen molar-refractivity contribution in [3.05, 3.63) is 92.8 Å². The molecule has 2 amide bonds. The van der Waals surface area contributed by atoms with Crippen LogP contribution in [0.1, 0.15) is 30.5 Å². The summed E-state index contributed by atoms with van der Waals surface area (Å²) in [6, 6.07) is 21.2. The van der Waals surface area contributed by atoms with Crippen LogP contribution in [0.2, 0.25) is 0 Å². The molecule has 4 rings (SSSR count). The van der Waals surface area contributed by atoms with Gasteiger partial charge in [0.2, 0.25) is 5.91 Å². The Kier molecular flexibility index (Phi) is 9.03. The van der Waals surface area contributed by atoms with Crippen molar-refractivity contribution >= 4 is 50.7 Å². The number of nitrogens with zero attached hydrogens (tertiary/aromatic N) is 1. The van der Waals surface area contributed by atoms with Gasteiger partial charge in [-0.05, 0) is 66.2 Å². The third-order valence-electron chi connectivity index (χ3n) is 5.10. The van der Waals surface area contributed by atoms with E-state index < -0.39 is 5.91 Å². The summed E-state index contributed by atoms with van der Waals surface area (Å²) < 4.78 is 18.8. The van der Waals surface area contributed by atoms with Gasteiger partial charge in [0.15, 0.2) is 16.7 Å². The standard InChI is InChI=1S/C28H25BrN2O5S/c1-3-34-25-13-20(9-11-24(25)36-16-19-7-5-4-6-8-19)17-35-23-12-10-22(29)14-21(23)15-26-27(33)31-28(37-26)30-18(2)32/h4-15H,3,16-17H2,1-2H3,(H,30,31,32,33)/b26-15+. The molecule has 1 aliphatic rings. The normalized spacial score (nSPS) is 13.9. The minimum Gasteiger partial charge on any atom is -0.490 e. The van der Waals surface area contributed by atoms with E-state index in [0.717, 1.165) is 27.4 Å². The van der Waals surface area contributed by atoms with E-state index in [4.69, 9.17) is 14.2 Å². The highest BCUT2D eigenvalue weighted by Gasteiger charge is 2.23. The summed E-state index contributed by atoms with van der Waals surface area (Å²) in [7, 11) is 0. The van der Waals surface area contributed by atoms with Crippen molar-refractivity contribution in [2.24, 2.45) is 4.99 Å². The topological polar surface area (TPSA) is 86.2 Å². The van der Waals surface area contributed by atoms with Crippen molar-refractivity contribution in [1.29, 1.82) is 0 Å². The summed E-state index contributed by atoms with van der Waals surface area (Å²) >= 11 is 4.59. The lowest BCUT2D eigenvalue weighted by Crippen LogP contribution is -2.23. The summed E-state index contributed by atoms with van der Waals surface area (Å²) in [5, 5.41) is 2.81. The van der Waals surface area contributed by atoms with Crippen molar-refractivity contribution in [2.45, 2.75) is 27.1 Å². The number of hydrogen-bond acceptors (Lipinski definition) is 6. The molecule has 0 bridgehead atoms. The van der Waals surface area contributed by atoms with E-state index in [1.165, 1.54) is 6.92 Å². The Morgan fingerprint density at radius 1 is 0.946 bits per heavy atom. The quantitative estimate of drug-likeness (QED) is 0.307. The lowest BCUT2D eigenvalue weighted by Gasteiger charge is -2.15. The van der Waals surface area contributed by atoms with E-state index in [2.05, 4.69) is 26.2 Å². The highest BCUT2D eigenvalue weighted by molar-refractivity contribution is 9.10. The van der Waals surface area contributed by atoms with Crippen LogP contribution in [-0.4, -0.2) is 23.6 Å². The smallest absolute Gasteiger partial charge is 0.286 e. The third kappa shape index (κ3) is 7.47. The zero-order valence-corrected chi connectivity index (χ0v) is 22.7. The molecule has 0 saturated carbocycles. The zero-order valence-electron chi connectivity index (χ0n) is 20.3. The van der Waals surface area contributed by atoms with E-state index in [1.807, 2.05) is 73.7 Å². The second-order valence-electron chi connectivity index (χ2n) is 7.97. The van der Waals surface area contributed by atoms with Crippen LogP contribution in [-0.2, 0) is 22.8 Å². The van der Waals surface area contributed by atoms with Gasteiger partial charge in [-0.25, -0.2) is 0 Å². The Hall–Kier alpha value is -3.56. The van der Waals surface area contributed by atoms with Crippen LogP contribution in [0.25, 0.3) is 6.08 Å². The van der Waals surface area contributed by atoms with Gasteiger partial charge in [-0.2, -0.15) is 4.99 Å². The van der Waals surface area contributed by atoms with Crippen LogP contribution in [0.5, 0.6) is 17.2 Å². The van der Waals surface area contributed by atoms with Crippen molar-refractivity contribution in [2.75, 3.05) is 6.61 Å². The predicted octanol–water partition coefficient (Wildman–Crippen LogP) is 6.11. The van der Waals surface area contributed by atoms with Crippen LogP contribution in [0.3, 0.4) is 0 Å². The van der Waals surface area contributed by atoms with E-state index in [-0.39, 0.29) is 17.7 Å². The number of carbonyl (C=O) groups is 2. The summed E-state index contributed by atoms with van der Waals surface area (Å²) in [5.41, 5.74) is 2.68. The Balaban J connectivity index is 1.47. The van der Waals surface area contributed by atoms with Gasteiger partial charge in [0.05, 0.1) is 11.5 Å². The van der Waals surface area contributed by atoms with Crippen molar-refractivity contribution < 1.29 is 23.8 Å². The van der Waals surface area contributed by atoms with Gasteiger partial charge in [0.25, 0.3) is 5.91 Å². The fourth-order valence-corrected chi connectivity index (χ4v) is 4.67. The van der Waals surface area contributed by atoms with Gasteiger partial charge in [0.1, 0.15) is 19.0 Å². The number of rotatable bonds is 9. The molecule has 0 radical (unpaired) electrons. The first-order valence-electron chi connectivity index (χ1n) is 11.6. The average Bonchev–Trinajstić information content (AvgIpc) is 3.21. The van der Waals surface area contributed by atoms with Gasteiger partial charge in [0, 0.05) is 17.0 Å². The highest BCUT2D eigenvalue weighted by atomic mass is 79.9. The molecule has 1 aliphatic heterocycles. The largest absolute Gasteiger partial charge is 0.490 e. The average molecular weight is 581 g/mol. The first kappa shape index (κ1) is 26.5. The van der Waals surface area contributed by atoms with E-state index >= 15 is 0 Å². The summed E-state index contributed by atoms with van der Waals surface area (Å²) in [4.78, 5) is 27.9. The third-order valence-corrected chi connectivity index (χ3v) is 6.49. The van der Waals surface area contributed by atoms with E-state index in [0.29, 0.717) is 40.9 Å². The van der Waals surface area contributed by atoms with Gasteiger partial charge in [-0.3, -0.25) is 9.59 Å². The Morgan fingerprint density at radius 3 is 2.43 bits per heavy atom. The number of halogens is 1. The molecule has 0 aromatic heterocycles. The number of aliphatic imine (C=N–C) groups is 1. The molecule has 0 fully saturated rings. The molecular formula is C28H25BrN2O5S. The first-order valence-corrected chi connectivity index (χ1v) is 13.2.